The highest BCUT2D eigenvalue weighted by molar-refractivity contribution is 6.28. The zero-order valence-electron chi connectivity index (χ0n) is 10.7. The quantitative estimate of drug-likeness (QED) is 0.728. The Hall–Kier alpha value is -1.20. The summed E-state index contributed by atoms with van der Waals surface area (Å²) < 4.78 is 5.40. The van der Waals surface area contributed by atoms with Crippen molar-refractivity contribution in [1.82, 2.24) is 14.9 Å². The van der Waals surface area contributed by atoms with Crippen molar-refractivity contribution >= 4 is 17.5 Å². The van der Waals surface area contributed by atoms with E-state index in [0.717, 1.165) is 0 Å². The van der Waals surface area contributed by atoms with Crippen LogP contribution >= 0.6 is 11.6 Å². The monoisotopic (exact) mass is 269 g/mol. The standard InChI is InChI=1S/C12H16ClN3O2/c1-8-6-9(15-11(13)14-8)10(17)16-4-5-18-7-12(16,2)3/h6H,4-5,7H2,1-3H3. The zero-order valence-corrected chi connectivity index (χ0v) is 11.5. The summed E-state index contributed by atoms with van der Waals surface area (Å²) in [5.74, 6) is -0.129. The number of aromatic nitrogens is 2. The van der Waals surface area contributed by atoms with Gasteiger partial charge in [-0.2, -0.15) is 0 Å². The van der Waals surface area contributed by atoms with Crippen LogP contribution in [0.4, 0.5) is 0 Å². The van der Waals surface area contributed by atoms with Crippen LogP contribution in [0.2, 0.25) is 5.28 Å². The lowest BCUT2D eigenvalue weighted by Crippen LogP contribution is -2.55. The molecule has 0 bridgehead atoms. The van der Waals surface area contributed by atoms with Crippen LogP contribution in [0.25, 0.3) is 0 Å². The Bertz CT molecular complexity index is 456. The van der Waals surface area contributed by atoms with Gasteiger partial charge in [-0.25, -0.2) is 9.97 Å². The maximum absolute atomic E-state index is 12.4. The normalized spacial score (nSPS) is 18.8. The first kappa shape index (κ1) is 13.2. The van der Waals surface area contributed by atoms with Crippen molar-refractivity contribution in [2.45, 2.75) is 26.3 Å². The second-order valence-corrected chi connectivity index (χ2v) is 5.32. The van der Waals surface area contributed by atoms with E-state index in [0.29, 0.717) is 31.1 Å². The van der Waals surface area contributed by atoms with Gasteiger partial charge in [-0.1, -0.05) is 0 Å². The van der Waals surface area contributed by atoms with E-state index in [-0.39, 0.29) is 16.7 Å². The molecule has 2 heterocycles. The first-order valence-corrected chi connectivity index (χ1v) is 6.19. The van der Waals surface area contributed by atoms with Gasteiger partial charge in [0, 0.05) is 12.2 Å². The topological polar surface area (TPSA) is 55.3 Å². The summed E-state index contributed by atoms with van der Waals surface area (Å²) in [4.78, 5) is 22.2. The van der Waals surface area contributed by atoms with E-state index < -0.39 is 0 Å². The smallest absolute Gasteiger partial charge is 0.273 e. The minimum absolute atomic E-state index is 0.101. The number of carbonyl (C=O) groups is 1. The van der Waals surface area contributed by atoms with Crippen LogP contribution in [-0.2, 0) is 4.74 Å². The van der Waals surface area contributed by atoms with E-state index in [1.165, 1.54) is 0 Å². The molecule has 6 heteroatoms. The number of aryl methyl sites for hydroxylation is 1. The van der Waals surface area contributed by atoms with Crippen LogP contribution in [0, 0.1) is 6.92 Å². The van der Waals surface area contributed by atoms with Gasteiger partial charge in [-0.15, -0.1) is 0 Å². The average molecular weight is 270 g/mol. The van der Waals surface area contributed by atoms with Gasteiger partial charge >= 0.3 is 0 Å². The van der Waals surface area contributed by atoms with Gasteiger partial charge in [0.15, 0.2) is 0 Å². The van der Waals surface area contributed by atoms with Crippen molar-refractivity contribution in [1.29, 1.82) is 0 Å². The van der Waals surface area contributed by atoms with Gasteiger partial charge in [-0.3, -0.25) is 4.79 Å². The molecule has 1 aliphatic heterocycles. The Labute approximate surface area is 111 Å². The minimum atomic E-state index is -0.333. The van der Waals surface area contributed by atoms with Crippen molar-refractivity contribution in [2.24, 2.45) is 0 Å². The molecule has 0 spiro atoms. The van der Waals surface area contributed by atoms with Gasteiger partial charge in [0.05, 0.1) is 18.8 Å². The third kappa shape index (κ3) is 2.62. The van der Waals surface area contributed by atoms with Crippen LogP contribution < -0.4 is 0 Å². The Morgan fingerprint density at radius 2 is 2.22 bits per heavy atom. The number of hydrogen-bond acceptors (Lipinski definition) is 4. The van der Waals surface area contributed by atoms with Gasteiger partial charge in [-0.05, 0) is 38.4 Å². The summed E-state index contributed by atoms with van der Waals surface area (Å²) >= 11 is 5.79. The molecule has 0 atom stereocenters. The molecule has 5 nitrogen and oxygen atoms in total. The molecule has 1 aromatic rings. The summed E-state index contributed by atoms with van der Waals surface area (Å²) in [6.45, 7) is 7.37. The first-order chi connectivity index (χ1) is 8.40. The van der Waals surface area contributed by atoms with Crippen LogP contribution in [0.3, 0.4) is 0 Å². The highest BCUT2D eigenvalue weighted by Gasteiger charge is 2.35. The molecule has 1 saturated heterocycles. The second kappa shape index (κ2) is 4.82. The Morgan fingerprint density at radius 1 is 1.50 bits per heavy atom. The number of ether oxygens (including phenoxy) is 1. The molecule has 0 aromatic carbocycles. The molecule has 1 aliphatic rings. The molecule has 18 heavy (non-hydrogen) atoms. The molecule has 0 N–H and O–H groups in total. The highest BCUT2D eigenvalue weighted by atomic mass is 35.5. The molecule has 1 fully saturated rings. The third-order valence-electron chi connectivity index (χ3n) is 2.94. The lowest BCUT2D eigenvalue weighted by molar-refractivity contribution is -0.0373. The predicted molar refractivity (Wildman–Crippen MR) is 67.7 cm³/mol. The maximum atomic E-state index is 12.4. The van der Waals surface area contributed by atoms with E-state index in [2.05, 4.69) is 9.97 Å². The summed E-state index contributed by atoms with van der Waals surface area (Å²) in [5, 5.41) is 0.101. The molecule has 2 rings (SSSR count). The van der Waals surface area contributed by atoms with Crippen molar-refractivity contribution in [3.63, 3.8) is 0 Å². The SMILES string of the molecule is Cc1cc(C(=O)N2CCOCC2(C)C)nc(Cl)n1. The predicted octanol–water partition coefficient (Wildman–Crippen LogP) is 1.69. The molecular formula is C12H16ClN3O2. The van der Waals surface area contributed by atoms with Gasteiger partial charge < -0.3 is 9.64 Å². The number of amides is 1. The molecule has 1 aromatic heterocycles. The Kier molecular flexibility index (Phi) is 3.54. The van der Waals surface area contributed by atoms with Crippen molar-refractivity contribution < 1.29 is 9.53 Å². The fraction of sp³-hybridized carbons (Fsp3) is 0.583. The van der Waals surface area contributed by atoms with E-state index >= 15 is 0 Å². The number of morpholine rings is 1. The van der Waals surface area contributed by atoms with Crippen LogP contribution in [0.1, 0.15) is 30.0 Å². The van der Waals surface area contributed by atoms with Gasteiger partial charge in [0.25, 0.3) is 5.91 Å². The van der Waals surface area contributed by atoms with E-state index in [1.807, 2.05) is 13.8 Å². The summed E-state index contributed by atoms with van der Waals surface area (Å²) in [5.41, 5.74) is 0.688. The highest BCUT2D eigenvalue weighted by Crippen LogP contribution is 2.21. The largest absolute Gasteiger partial charge is 0.377 e. The van der Waals surface area contributed by atoms with E-state index in [9.17, 15) is 4.79 Å². The molecule has 0 aliphatic carbocycles. The van der Waals surface area contributed by atoms with Crippen LogP contribution in [0.15, 0.2) is 6.07 Å². The van der Waals surface area contributed by atoms with Crippen molar-refractivity contribution in [3.05, 3.63) is 22.7 Å². The Morgan fingerprint density at radius 3 is 2.83 bits per heavy atom. The van der Waals surface area contributed by atoms with Gasteiger partial charge in [0.2, 0.25) is 5.28 Å². The van der Waals surface area contributed by atoms with Crippen molar-refractivity contribution in [3.8, 4) is 0 Å². The minimum Gasteiger partial charge on any atom is -0.377 e. The van der Waals surface area contributed by atoms with Crippen LogP contribution in [0.5, 0.6) is 0 Å². The molecule has 98 valence electrons. The molecule has 0 saturated carbocycles. The third-order valence-corrected chi connectivity index (χ3v) is 3.11. The zero-order chi connectivity index (χ0) is 13.3. The number of rotatable bonds is 1. The maximum Gasteiger partial charge on any atom is 0.273 e. The van der Waals surface area contributed by atoms with E-state index in [1.54, 1.807) is 17.9 Å². The second-order valence-electron chi connectivity index (χ2n) is 4.99. The fourth-order valence-corrected chi connectivity index (χ4v) is 2.24. The Balaban J connectivity index is 2.30. The van der Waals surface area contributed by atoms with Crippen LogP contribution in [-0.4, -0.2) is 46.1 Å². The summed E-state index contributed by atoms with van der Waals surface area (Å²) in [6, 6.07) is 1.65. The van der Waals surface area contributed by atoms with Crippen molar-refractivity contribution in [2.75, 3.05) is 19.8 Å². The summed E-state index contributed by atoms with van der Waals surface area (Å²) in [7, 11) is 0. The number of carbonyl (C=O) groups excluding carboxylic acids is 1. The lowest BCUT2D eigenvalue weighted by atomic mass is 10.0. The fourth-order valence-electron chi connectivity index (χ4n) is 2.01. The lowest BCUT2D eigenvalue weighted by Gasteiger charge is -2.41. The first-order valence-electron chi connectivity index (χ1n) is 5.81. The molecular weight excluding hydrogens is 254 g/mol. The van der Waals surface area contributed by atoms with E-state index in [4.69, 9.17) is 16.3 Å². The number of nitrogens with zero attached hydrogens (tertiary/aromatic N) is 3. The molecule has 0 radical (unpaired) electrons. The molecule has 0 unspecified atom stereocenters. The molecule has 1 amide bonds. The average Bonchev–Trinajstić information content (AvgIpc) is 2.26. The summed E-state index contributed by atoms with van der Waals surface area (Å²) in [6.07, 6.45) is 0. The van der Waals surface area contributed by atoms with Gasteiger partial charge in [0.1, 0.15) is 5.69 Å². The number of hydrogen-bond donors (Lipinski definition) is 0. The number of halogens is 1.